The van der Waals surface area contributed by atoms with Crippen LogP contribution in [0.3, 0.4) is 0 Å². The maximum atomic E-state index is 6.96. The summed E-state index contributed by atoms with van der Waals surface area (Å²) in [5.41, 5.74) is 11.8. The van der Waals surface area contributed by atoms with E-state index in [-0.39, 0.29) is 5.41 Å². The Morgan fingerprint density at radius 3 is 1.91 bits per heavy atom. The molecule has 0 bridgehead atoms. The van der Waals surface area contributed by atoms with Crippen molar-refractivity contribution >= 4 is 54.6 Å². The average molecular weight is 750 g/mol. The number of hydrogen-bond donors (Lipinski definition) is 0. The first-order valence-electron chi connectivity index (χ1n) is 19.7. The molecule has 278 valence electrons. The lowest BCUT2D eigenvalue weighted by Crippen LogP contribution is -2.12. The Balaban J connectivity index is 1.12. The molecule has 0 unspecified atom stereocenters. The van der Waals surface area contributed by atoms with Gasteiger partial charge in [0.2, 0.25) is 0 Å². The van der Waals surface area contributed by atoms with E-state index in [4.69, 9.17) is 14.7 Å². The second-order valence-corrected chi connectivity index (χ2v) is 16.0. The lowest BCUT2D eigenvalue weighted by Gasteiger charge is -2.20. The van der Waals surface area contributed by atoms with Crippen molar-refractivity contribution in [2.75, 3.05) is 0 Å². The minimum atomic E-state index is -0.0470. The molecule has 6 nitrogen and oxygen atoms in total. The van der Waals surface area contributed by atoms with E-state index in [2.05, 4.69) is 186 Å². The highest BCUT2D eigenvalue weighted by molar-refractivity contribution is 6.16. The maximum absolute atomic E-state index is 6.96. The van der Waals surface area contributed by atoms with Crippen LogP contribution in [0.4, 0.5) is 0 Å². The van der Waals surface area contributed by atoms with Gasteiger partial charge in [0, 0.05) is 45.9 Å². The molecule has 4 heterocycles. The highest BCUT2D eigenvalue weighted by atomic mass is 16.5. The molecule has 4 aromatic heterocycles. The highest BCUT2D eigenvalue weighted by Crippen LogP contribution is 2.43. The van der Waals surface area contributed by atoms with Crippen LogP contribution in [-0.4, -0.2) is 23.7 Å². The van der Waals surface area contributed by atoms with Crippen LogP contribution in [0.2, 0.25) is 0 Å². The molecule has 0 aliphatic rings. The van der Waals surface area contributed by atoms with Gasteiger partial charge in [-0.15, -0.1) is 0 Å². The number of imidazole rings is 1. The molecule has 58 heavy (non-hydrogen) atoms. The quantitative estimate of drug-likeness (QED) is 0.170. The van der Waals surface area contributed by atoms with Crippen molar-refractivity contribution in [1.29, 1.82) is 0 Å². The number of pyridine rings is 1. The van der Waals surface area contributed by atoms with Crippen LogP contribution in [-0.2, 0) is 5.41 Å². The fourth-order valence-corrected chi connectivity index (χ4v) is 8.58. The predicted octanol–water partition coefficient (Wildman–Crippen LogP) is 13.4. The molecule has 0 spiro atoms. The van der Waals surface area contributed by atoms with Crippen LogP contribution < -0.4 is 4.74 Å². The summed E-state index contributed by atoms with van der Waals surface area (Å²) in [6, 6.07) is 59.8. The summed E-state index contributed by atoms with van der Waals surface area (Å²) in [6.07, 6.45) is 3.82. The standard InChI is InChI=1S/C52H39N5O/c1-52(2,3)36-26-27-53-50(29-36)57-46-23-12-9-20-42(46)51-48(56-44-21-10-7-18-40(44)41-19-8-11-22-45(41)56)31-39(32-49(51)57)58-38-17-13-16-37(30-38)55-33-54-43-28-35(24-25-47(43)55)34-14-5-4-6-15-34/h4-33H,1-3H3. The van der Waals surface area contributed by atoms with E-state index in [0.717, 1.165) is 78.1 Å². The first-order chi connectivity index (χ1) is 28.4. The van der Waals surface area contributed by atoms with E-state index in [1.165, 1.54) is 21.9 Å². The Morgan fingerprint density at radius 1 is 0.483 bits per heavy atom. The molecule has 7 aromatic carbocycles. The van der Waals surface area contributed by atoms with Crippen LogP contribution in [0.1, 0.15) is 26.3 Å². The minimum Gasteiger partial charge on any atom is -0.457 e. The van der Waals surface area contributed by atoms with Gasteiger partial charge in [-0.25, -0.2) is 9.97 Å². The summed E-state index contributed by atoms with van der Waals surface area (Å²) in [4.78, 5) is 9.81. The van der Waals surface area contributed by atoms with E-state index >= 15 is 0 Å². The minimum absolute atomic E-state index is 0.0470. The molecule has 0 amide bonds. The Bertz CT molecular complexity index is 3310. The van der Waals surface area contributed by atoms with Gasteiger partial charge in [0.1, 0.15) is 23.6 Å². The van der Waals surface area contributed by atoms with Gasteiger partial charge in [-0.05, 0) is 76.7 Å². The Hall–Kier alpha value is -7.44. The number of ether oxygens (including phenoxy) is 1. The summed E-state index contributed by atoms with van der Waals surface area (Å²) in [6.45, 7) is 6.73. The molecule has 11 aromatic rings. The van der Waals surface area contributed by atoms with E-state index < -0.39 is 0 Å². The smallest absolute Gasteiger partial charge is 0.137 e. The fraction of sp³-hybridized carbons (Fsp3) is 0.0769. The number of nitrogens with zero attached hydrogens (tertiary/aromatic N) is 5. The highest BCUT2D eigenvalue weighted by Gasteiger charge is 2.23. The van der Waals surface area contributed by atoms with Crippen molar-refractivity contribution in [3.05, 3.63) is 188 Å². The topological polar surface area (TPSA) is 49.8 Å². The third-order valence-electron chi connectivity index (χ3n) is 11.4. The van der Waals surface area contributed by atoms with E-state index in [1.54, 1.807) is 0 Å². The summed E-state index contributed by atoms with van der Waals surface area (Å²) >= 11 is 0. The molecule has 6 heteroatoms. The number of para-hydroxylation sites is 3. The number of benzene rings is 7. The molecule has 0 aliphatic carbocycles. The molecule has 0 saturated carbocycles. The molecule has 0 fully saturated rings. The van der Waals surface area contributed by atoms with Gasteiger partial charge in [-0.1, -0.05) is 118 Å². The van der Waals surface area contributed by atoms with E-state index in [9.17, 15) is 0 Å². The average Bonchev–Trinajstić information content (AvgIpc) is 3.94. The van der Waals surface area contributed by atoms with Gasteiger partial charge < -0.3 is 9.30 Å². The molecular formula is C52H39N5O. The fourth-order valence-electron chi connectivity index (χ4n) is 8.58. The van der Waals surface area contributed by atoms with Crippen LogP contribution >= 0.6 is 0 Å². The van der Waals surface area contributed by atoms with Crippen LogP contribution in [0.5, 0.6) is 11.5 Å². The van der Waals surface area contributed by atoms with Crippen molar-refractivity contribution in [2.24, 2.45) is 0 Å². The number of rotatable bonds is 6. The zero-order valence-electron chi connectivity index (χ0n) is 32.5. The second-order valence-electron chi connectivity index (χ2n) is 16.0. The molecule has 0 radical (unpaired) electrons. The normalized spacial score (nSPS) is 12.1. The van der Waals surface area contributed by atoms with Crippen molar-refractivity contribution in [2.45, 2.75) is 26.2 Å². The number of fused-ring (bicyclic) bond motifs is 7. The van der Waals surface area contributed by atoms with Crippen LogP contribution in [0, 0.1) is 0 Å². The van der Waals surface area contributed by atoms with Gasteiger partial charge in [-0.2, -0.15) is 0 Å². The van der Waals surface area contributed by atoms with Crippen LogP contribution in [0.25, 0.3) is 83.0 Å². The van der Waals surface area contributed by atoms with Gasteiger partial charge in [0.15, 0.2) is 0 Å². The van der Waals surface area contributed by atoms with Crippen LogP contribution in [0.15, 0.2) is 182 Å². The predicted molar refractivity (Wildman–Crippen MR) is 238 cm³/mol. The molecular weight excluding hydrogens is 711 g/mol. The first-order valence-corrected chi connectivity index (χ1v) is 19.7. The number of hydrogen-bond acceptors (Lipinski definition) is 3. The van der Waals surface area contributed by atoms with Gasteiger partial charge in [-0.3, -0.25) is 9.13 Å². The van der Waals surface area contributed by atoms with Gasteiger partial charge in [0.05, 0.1) is 44.5 Å². The Kier molecular flexibility index (Phi) is 7.63. The first kappa shape index (κ1) is 33.9. The zero-order chi connectivity index (χ0) is 39.0. The monoisotopic (exact) mass is 749 g/mol. The maximum Gasteiger partial charge on any atom is 0.137 e. The molecule has 11 rings (SSSR count). The zero-order valence-corrected chi connectivity index (χ0v) is 32.5. The Labute approximate surface area is 335 Å². The van der Waals surface area contributed by atoms with E-state index in [1.807, 2.05) is 30.7 Å². The third kappa shape index (κ3) is 5.48. The Morgan fingerprint density at radius 2 is 1.17 bits per heavy atom. The second kappa shape index (κ2) is 13.1. The SMILES string of the molecule is CC(C)(C)c1ccnc(-n2c3ccccc3c3c(-n4c5ccccc5c5ccccc54)cc(Oc4cccc(-n5cnc6cc(-c7ccccc7)ccc65)c4)cc32)c1. The summed E-state index contributed by atoms with van der Waals surface area (Å²) in [7, 11) is 0. The molecule has 0 atom stereocenters. The lowest BCUT2D eigenvalue weighted by molar-refractivity contribution is 0.483. The lowest BCUT2D eigenvalue weighted by atomic mass is 9.88. The summed E-state index contributed by atoms with van der Waals surface area (Å²) in [5.74, 6) is 2.32. The van der Waals surface area contributed by atoms with Crippen molar-refractivity contribution < 1.29 is 4.74 Å². The molecule has 0 aliphatic heterocycles. The van der Waals surface area contributed by atoms with Crippen molar-refractivity contribution in [3.8, 4) is 39.8 Å². The summed E-state index contributed by atoms with van der Waals surface area (Å²) < 4.78 is 13.8. The largest absolute Gasteiger partial charge is 0.457 e. The molecule has 0 N–H and O–H groups in total. The third-order valence-corrected chi connectivity index (χ3v) is 11.4. The number of aromatic nitrogens is 5. The van der Waals surface area contributed by atoms with E-state index in [0.29, 0.717) is 0 Å². The van der Waals surface area contributed by atoms with Crippen molar-refractivity contribution in [3.63, 3.8) is 0 Å². The van der Waals surface area contributed by atoms with Gasteiger partial charge in [0.25, 0.3) is 0 Å². The molecule has 0 saturated heterocycles. The van der Waals surface area contributed by atoms with Crippen molar-refractivity contribution in [1.82, 2.24) is 23.7 Å². The summed E-state index contributed by atoms with van der Waals surface area (Å²) in [5, 5.41) is 4.69. The van der Waals surface area contributed by atoms with Gasteiger partial charge >= 0.3 is 0 Å².